The van der Waals surface area contributed by atoms with E-state index in [0.717, 1.165) is 0 Å². The quantitative estimate of drug-likeness (QED) is 0.554. The smallest absolute Gasteiger partial charge is 0.342 e. The average molecular weight is 195 g/mol. The number of hydrogen-bond donors (Lipinski definition) is 2. The number of aromatic hydroxyl groups is 1. The Labute approximate surface area is 82.3 Å². The maximum atomic E-state index is 11.4. The monoisotopic (exact) mass is 195 g/mol. The minimum atomic E-state index is -0.544. The largest absolute Gasteiger partial charge is 0.507 e. The van der Waals surface area contributed by atoms with Gasteiger partial charge in [0.25, 0.3) is 0 Å². The average Bonchev–Trinajstić information content (AvgIpc) is 2.01. The second kappa shape index (κ2) is 4.00. The number of carbonyl (C=O) groups excluding carboxylic acids is 1. The molecule has 4 heteroatoms. The zero-order chi connectivity index (χ0) is 10.7. The van der Waals surface area contributed by atoms with E-state index in [2.05, 4.69) is 0 Å². The number of phenols is 1. The van der Waals surface area contributed by atoms with Gasteiger partial charge < -0.3 is 15.6 Å². The lowest BCUT2D eigenvalue weighted by Gasteiger charge is -2.09. The van der Waals surface area contributed by atoms with Crippen molar-refractivity contribution < 1.29 is 14.6 Å². The molecule has 3 N–H and O–H groups in total. The van der Waals surface area contributed by atoms with Gasteiger partial charge in [-0.15, -0.1) is 0 Å². The normalized spacial score (nSPS) is 10.2. The summed E-state index contributed by atoms with van der Waals surface area (Å²) in [5.41, 5.74) is 5.96. The van der Waals surface area contributed by atoms with Crippen molar-refractivity contribution in [3.8, 4) is 5.75 Å². The van der Waals surface area contributed by atoms with Gasteiger partial charge in [-0.1, -0.05) is 0 Å². The lowest BCUT2D eigenvalue weighted by molar-refractivity contribution is 0.0375. The Hall–Kier alpha value is -1.71. The van der Waals surface area contributed by atoms with E-state index in [1.807, 2.05) is 0 Å². The lowest BCUT2D eigenvalue weighted by atomic mass is 10.2. The Kier molecular flexibility index (Phi) is 2.96. The first kappa shape index (κ1) is 10.4. The zero-order valence-corrected chi connectivity index (χ0v) is 8.15. The van der Waals surface area contributed by atoms with Crippen molar-refractivity contribution in [2.45, 2.75) is 20.0 Å². The number of hydrogen-bond acceptors (Lipinski definition) is 4. The number of esters is 1. The summed E-state index contributed by atoms with van der Waals surface area (Å²) in [5.74, 6) is -0.701. The highest BCUT2D eigenvalue weighted by atomic mass is 16.5. The molecule has 14 heavy (non-hydrogen) atoms. The highest BCUT2D eigenvalue weighted by molar-refractivity contribution is 5.93. The zero-order valence-electron chi connectivity index (χ0n) is 8.15. The molecular formula is C10H13NO3. The number of anilines is 1. The summed E-state index contributed by atoms with van der Waals surface area (Å²) in [6, 6.07) is 4.29. The molecule has 0 amide bonds. The van der Waals surface area contributed by atoms with Crippen molar-refractivity contribution in [2.75, 3.05) is 5.73 Å². The van der Waals surface area contributed by atoms with Crippen molar-refractivity contribution in [3.63, 3.8) is 0 Å². The van der Waals surface area contributed by atoms with E-state index in [9.17, 15) is 9.90 Å². The number of phenolic OH excluding ortho intramolecular Hbond substituents is 1. The molecule has 76 valence electrons. The number of nitrogen functional groups attached to an aromatic ring is 1. The molecule has 0 aliphatic heterocycles. The maximum Gasteiger partial charge on any atom is 0.342 e. The summed E-state index contributed by atoms with van der Waals surface area (Å²) >= 11 is 0. The van der Waals surface area contributed by atoms with Crippen LogP contribution in [0.25, 0.3) is 0 Å². The summed E-state index contributed by atoms with van der Waals surface area (Å²) in [6.45, 7) is 3.48. The summed E-state index contributed by atoms with van der Waals surface area (Å²) in [5, 5.41) is 9.39. The van der Waals surface area contributed by atoms with Gasteiger partial charge in [0.05, 0.1) is 6.10 Å². The fraction of sp³-hybridized carbons (Fsp3) is 0.300. The minimum Gasteiger partial charge on any atom is -0.507 e. The SMILES string of the molecule is CC(C)OC(=O)c1ccc(N)cc1O. The van der Waals surface area contributed by atoms with Gasteiger partial charge in [0.15, 0.2) is 0 Å². The molecule has 0 atom stereocenters. The van der Waals surface area contributed by atoms with Crippen LogP contribution in [0.2, 0.25) is 0 Å². The molecule has 0 aliphatic carbocycles. The molecule has 0 aromatic heterocycles. The van der Waals surface area contributed by atoms with Crippen molar-refractivity contribution in [1.29, 1.82) is 0 Å². The third kappa shape index (κ3) is 2.39. The molecule has 0 saturated carbocycles. The van der Waals surface area contributed by atoms with Crippen molar-refractivity contribution >= 4 is 11.7 Å². The van der Waals surface area contributed by atoms with Crippen LogP contribution in [0.4, 0.5) is 5.69 Å². The van der Waals surface area contributed by atoms with E-state index >= 15 is 0 Å². The van der Waals surface area contributed by atoms with Crippen LogP contribution in [0, 0.1) is 0 Å². The molecule has 0 fully saturated rings. The second-order valence-corrected chi connectivity index (χ2v) is 3.23. The number of rotatable bonds is 2. The molecule has 0 radical (unpaired) electrons. The third-order valence-corrected chi connectivity index (χ3v) is 1.58. The number of nitrogens with two attached hydrogens (primary N) is 1. The van der Waals surface area contributed by atoms with Gasteiger partial charge in [-0.3, -0.25) is 0 Å². The first-order valence-electron chi connectivity index (χ1n) is 4.30. The van der Waals surface area contributed by atoms with Crippen LogP contribution >= 0.6 is 0 Å². The summed E-state index contributed by atoms with van der Waals surface area (Å²) in [6.07, 6.45) is -0.209. The van der Waals surface area contributed by atoms with Gasteiger partial charge >= 0.3 is 5.97 Å². The van der Waals surface area contributed by atoms with Crippen LogP contribution in [0.15, 0.2) is 18.2 Å². The first-order chi connectivity index (χ1) is 6.50. The van der Waals surface area contributed by atoms with Crippen LogP contribution in [0.5, 0.6) is 5.75 Å². The molecule has 0 unspecified atom stereocenters. The van der Waals surface area contributed by atoms with Crippen molar-refractivity contribution in [2.24, 2.45) is 0 Å². The van der Waals surface area contributed by atoms with Gasteiger partial charge in [-0.25, -0.2) is 4.79 Å². The maximum absolute atomic E-state index is 11.4. The number of benzene rings is 1. The molecule has 4 nitrogen and oxygen atoms in total. The summed E-state index contributed by atoms with van der Waals surface area (Å²) < 4.78 is 4.92. The van der Waals surface area contributed by atoms with Gasteiger partial charge in [0, 0.05) is 11.8 Å². The molecule has 1 aromatic carbocycles. The van der Waals surface area contributed by atoms with Gasteiger partial charge in [-0.2, -0.15) is 0 Å². The Morgan fingerprint density at radius 1 is 1.50 bits per heavy atom. The number of carbonyl (C=O) groups is 1. The van der Waals surface area contributed by atoms with Crippen LogP contribution in [-0.4, -0.2) is 17.2 Å². The van der Waals surface area contributed by atoms with E-state index in [4.69, 9.17) is 10.5 Å². The molecule has 0 bridgehead atoms. The lowest BCUT2D eigenvalue weighted by Crippen LogP contribution is -2.11. The van der Waals surface area contributed by atoms with E-state index in [-0.39, 0.29) is 17.4 Å². The molecule has 0 spiro atoms. The first-order valence-corrected chi connectivity index (χ1v) is 4.30. The highest BCUT2D eigenvalue weighted by Gasteiger charge is 2.13. The molecule has 0 saturated heterocycles. The second-order valence-electron chi connectivity index (χ2n) is 3.23. The highest BCUT2D eigenvalue weighted by Crippen LogP contribution is 2.21. The topological polar surface area (TPSA) is 72.5 Å². The summed E-state index contributed by atoms with van der Waals surface area (Å²) in [7, 11) is 0. The minimum absolute atomic E-state index is 0.132. The van der Waals surface area contributed by atoms with Gasteiger partial charge in [-0.05, 0) is 26.0 Å². The van der Waals surface area contributed by atoms with Crippen LogP contribution in [0.1, 0.15) is 24.2 Å². The van der Waals surface area contributed by atoms with E-state index in [1.165, 1.54) is 18.2 Å². The fourth-order valence-electron chi connectivity index (χ4n) is 0.999. The van der Waals surface area contributed by atoms with Crippen LogP contribution in [-0.2, 0) is 4.74 Å². The fourth-order valence-corrected chi connectivity index (χ4v) is 0.999. The predicted octanol–water partition coefficient (Wildman–Crippen LogP) is 1.54. The standard InChI is InChI=1S/C10H13NO3/c1-6(2)14-10(13)8-4-3-7(11)5-9(8)12/h3-6,12H,11H2,1-2H3. The van der Waals surface area contributed by atoms with Gasteiger partial charge in [0.2, 0.25) is 0 Å². The van der Waals surface area contributed by atoms with Gasteiger partial charge in [0.1, 0.15) is 11.3 Å². The molecular weight excluding hydrogens is 182 g/mol. The van der Waals surface area contributed by atoms with E-state index in [1.54, 1.807) is 13.8 Å². The molecule has 0 aliphatic rings. The van der Waals surface area contributed by atoms with Crippen LogP contribution in [0.3, 0.4) is 0 Å². The Balaban J connectivity index is 2.90. The summed E-state index contributed by atoms with van der Waals surface area (Å²) in [4.78, 5) is 11.4. The van der Waals surface area contributed by atoms with E-state index < -0.39 is 5.97 Å². The van der Waals surface area contributed by atoms with Crippen molar-refractivity contribution in [3.05, 3.63) is 23.8 Å². The Morgan fingerprint density at radius 3 is 2.64 bits per heavy atom. The molecule has 1 aromatic rings. The third-order valence-electron chi connectivity index (χ3n) is 1.58. The number of ether oxygens (including phenoxy) is 1. The predicted molar refractivity (Wildman–Crippen MR) is 53.1 cm³/mol. The molecule has 0 heterocycles. The van der Waals surface area contributed by atoms with E-state index in [0.29, 0.717) is 5.69 Å². The van der Waals surface area contributed by atoms with Crippen molar-refractivity contribution in [1.82, 2.24) is 0 Å². The Bertz CT molecular complexity index is 347. The Morgan fingerprint density at radius 2 is 2.14 bits per heavy atom. The van der Waals surface area contributed by atoms with Crippen LogP contribution < -0.4 is 5.73 Å². The molecule has 1 rings (SSSR count).